The molecule has 0 saturated carbocycles. The lowest BCUT2D eigenvalue weighted by Gasteiger charge is -2.28. The minimum Gasteiger partial charge on any atom is -0.492 e. The molecule has 0 amide bonds. The van der Waals surface area contributed by atoms with Crippen molar-refractivity contribution >= 4 is 0 Å². The molecule has 0 aliphatic carbocycles. The first-order chi connectivity index (χ1) is 9.84. The number of aliphatic hydroxyl groups excluding tert-OH is 1. The van der Waals surface area contributed by atoms with Crippen molar-refractivity contribution in [3.63, 3.8) is 0 Å². The molecule has 0 radical (unpaired) electrons. The van der Waals surface area contributed by atoms with Crippen LogP contribution in [0.15, 0.2) is 30.3 Å². The van der Waals surface area contributed by atoms with E-state index >= 15 is 0 Å². The largest absolute Gasteiger partial charge is 0.492 e. The zero-order chi connectivity index (χ0) is 14.0. The third kappa shape index (κ3) is 5.88. The molecule has 1 aliphatic heterocycles. The molecule has 1 aromatic carbocycles. The van der Waals surface area contributed by atoms with Gasteiger partial charge in [0.25, 0.3) is 0 Å². The Labute approximate surface area is 120 Å². The monoisotopic (exact) mass is 280 g/mol. The van der Waals surface area contributed by atoms with Crippen molar-refractivity contribution in [3.05, 3.63) is 30.3 Å². The van der Waals surface area contributed by atoms with Crippen molar-refractivity contribution in [2.45, 2.75) is 6.10 Å². The molecule has 2 rings (SSSR count). The van der Waals surface area contributed by atoms with Crippen LogP contribution in [0, 0.1) is 0 Å². The second-order valence-electron chi connectivity index (χ2n) is 4.93. The number of nitrogens with one attached hydrogen (secondary N) is 1. The lowest BCUT2D eigenvalue weighted by atomic mass is 10.3. The van der Waals surface area contributed by atoms with Crippen LogP contribution in [0.25, 0.3) is 0 Å². The van der Waals surface area contributed by atoms with Gasteiger partial charge in [0.05, 0.1) is 19.3 Å². The molecule has 20 heavy (non-hydrogen) atoms. The molecular formula is C15H24N2O3. The number of para-hydroxylation sites is 1. The second-order valence-corrected chi connectivity index (χ2v) is 4.93. The Morgan fingerprint density at radius 3 is 2.75 bits per heavy atom. The van der Waals surface area contributed by atoms with Gasteiger partial charge in [-0.2, -0.15) is 0 Å². The van der Waals surface area contributed by atoms with E-state index in [2.05, 4.69) is 10.2 Å². The van der Waals surface area contributed by atoms with Gasteiger partial charge < -0.3 is 19.9 Å². The summed E-state index contributed by atoms with van der Waals surface area (Å²) in [7, 11) is 0. The summed E-state index contributed by atoms with van der Waals surface area (Å²) in [6, 6.07) is 9.75. The van der Waals surface area contributed by atoms with Crippen LogP contribution in [0.5, 0.6) is 5.75 Å². The number of rotatable bonds is 8. The van der Waals surface area contributed by atoms with Crippen molar-refractivity contribution in [2.75, 3.05) is 52.5 Å². The van der Waals surface area contributed by atoms with Crippen molar-refractivity contribution < 1.29 is 14.6 Å². The molecule has 1 unspecified atom stereocenters. The van der Waals surface area contributed by atoms with Crippen LogP contribution >= 0.6 is 0 Å². The van der Waals surface area contributed by atoms with Gasteiger partial charge in [0, 0.05) is 32.7 Å². The van der Waals surface area contributed by atoms with Gasteiger partial charge in [0.2, 0.25) is 0 Å². The first-order valence-corrected chi connectivity index (χ1v) is 7.21. The van der Waals surface area contributed by atoms with Crippen molar-refractivity contribution in [1.82, 2.24) is 10.2 Å². The molecule has 1 aromatic rings. The van der Waals surface area contributed by atoms with E-state index < -0.39 is 0 Å². The van der Waals surface area contributed by atoms with E-state index in [1.807, 2.05) is 30.3 Å². The summed E-state index contributed by atoms with van der Waals surface area (Å²) in [6.45, 7) is 5.99. The standard InChI is InChI=1S/C15H24N2O3/c18-14(13-17-7-10-19-11-8-17)12-16-6-9-20-15-4-2-1-3-5-15/h1-5,14,16,18H,6-13H2. The molecular weight excluding hydrogens is 256 g/mol. The fourth-order valence-corrected chi connectivity index (χ4v) is 2.17. The van der Waals surface area contributed by atoms with Gasteiger partial charge in [-0.25, -0.2) is 0 Å². The van der Waals surface area contributed by atoms with Crippen molar-refractivity contribution in [2.24, 2.45) is 0 Å². The predicted octanol–water partition coefficient (Wildman–Crippen LogP) is 0.348. The Balaban J connectivity index is 1.50. The number of morpholine rings is 1. The number of benzene rings is 1. The highest BCUT2D eigenvalue weighted by atomic mass is 16.5. The van der Waals surface area contributed by atoms with E-state index in [0.29, 0.717) is 19.7 Å². The number of aliphatic hydroxyl groups is 1. The molecule has 5 heteroatoms. The summed E-state index contributed by atoms with van der Waals surface area (Å²) in [5.41, 5.74) is 0. The Hall–Kier alpha value is -1.14. The summed E-state index contributed by atoms with van der Waals surface area (Å²) in [5.74, 6) is 0.878. The summed E-state index contributed by atoms with van der Waals surface area (Å²) in [4.78, 5) is 2.23. The smallest absolute Gasteiger partial charge is 0.119 e. The molecule has 0 bridgehead atoms. The van der Waals surface area contributed by atoms with Crippen LogP contribution in [0.3, 0.4) is 0 Å². The Morgan fingerprint density at radius 2 is 2.00 bits per heavy atom. The molecule has 1 heterocycles. The highest BCUT2D eigenvalue weighted by Gasteiger charge is 2.14. The van der Waals surface area contributed by atoms with E-state index in [1.54, 1.807) is 0 Å². The second kappa shape index (κ2) is 8.92. The molecule has 112 valence electrons. The summed E-state index contributed by atoms with van der Waals surface area (Å²) in [5, 5.41) is 13.1. The zero-order valence-electron chi connectivity index (χ0n) is 11.8. The van der Waals surface area contributed by atoms with Gasteiger partial charge in [-0.05, 0) is 12.1 Å². The minimum absolute atomic E-state index is 0.343. The van der Waals surface area contributed by atoms with Crippen LogP contribution in [0.1, 0.15) is 0 Å². The van der Waals surface area contributed by atoms with Gasteiger partial charge in [0.1, 0.15) is 12.4 Å². The van der Waals surface area contributed by atoms with Crippen molar-refractivity contribution in [1.29, 1.82) is 0 Å². The predicted molar refractivity (Wildman–Crippen MR) is 78.1 cm³/mol. The Bertz CT molecular complexity index is 355. The molecule has 0 spiro atoms. The SMILES string of the molecule is OC(CNCCOc1ccccc1)CN1CCOCC1. The molecule has 1 saturated heterocycles. The third-order valence-electron chi connectivity index (χ3n) is 3.24. The maximum atomic E-state index is 9.93. The fourth-order valence-electron chi connectivity index (χ4n) is 2.17. The third-order valence-corrected chi connectivity index (χ3v) is 3.24. The molecule has 1 atom stereocenters. The van der Waals surface area contributed by atoms with E-state index in [1.165, 1.54) is 0 Å². The van der Waals surface area contributed by atoms with Gasteiger partial charge in [-0.1, -0.05) is 18.2 Å². The first kappa shape index (κ1) is 15.3. The highest BCUT2D eigenvalue weighted by molar-refractivity contribution is 5.20. The quantitative estimate of drug-likeness (QED) is 0.673. The number of nitrogens with zero attached hydrogens (tertiary/aromatic N) is 1. The summed E-state index contributed by atoms with van der Waals surface area (Å²) in [6.07, 6.45) is -0.343. The normalized spacial score (nSPS) is 17.9. The van der Waals surface area contributed by atoms with Gasteiger partial charge in [-0.3, -0.25) is 4.90 Å². The molecule has 0 aromatic heterocycles. The first-order valence-electron chi connectivity index (χ1n) is 7.21. The van der Waals surface area contributed by atoms with Gasteiger partial charge in [0.15, 0.2) is 0 Å². The zero-order valence-corrected chi connectivity index (χ0v) is 11.8. The maximum absolute atomic E-state index is 9.93. The summed E-state index contributed by atoms with van der Waals surface area (Å²) >= 11 is 0. The number of hydrogen-bond donors (Lipinski definition) is 2. The van der Waals surface area contributed by atoms with Crippen LogP contribution in [0.2, 0.25) is 0 Å². The minimum atomic E-state index is -0.343. The maximum Gasteiger partial charge on any atom is 0.119 e. The van der Waals surface area contributed by atoms with Crippen LogP contribution in [-0.4, -0.2) is 68.7 Å². The molecule has 5 nitrogen and oxygen atoms in total. The molecule has 1 fully saturated rings. The van der Waals surface area contributed by atoms with Crippen molar-refractivity contribution in [3.8, 4) is 5.75 Å². The topological polar surface area (TPSA) is 54.0 Å². The highest BCUT2D eigenvalue weighted by Crippen LogP contribution is 2.07. The molecule has 2 N–H and O–H groups in total. The Morgan fingerprint density at radius 1 is 1.25 bits per heavy atom. The summed E-state index contributed by atoms with van der Waals surface area (Å²) < 4.78 is 10.8. The number of β-amino-alcohol motifs (C(OH)–C–C–N with tert-alkyl or cyclic N) is 1. The molecule has 1 aliphatic rings. The fraction of sp³-hybridized carbons (Fsp3) is 0.600. The van der Waals surface area contributed by atoms with Gasteiger partial charge >= 0.3 is 0 Å². The van der Waals surface area contributed by atoms with E-state index in [4.69, 9.17) is 9.47 Å². The average Bonchev–Trinajstić information content (AvgIpc) is 2.49. The number of hydrogen-bond acceptors (Lipinski definition) is 5. The van der Waals surface area contributed by atoms with E-state index in [-0.39, 0.29) is 6.10 Å². The number of ether oxygens (including phenoxy) is 2. The van der Waals surface area contributed by atoms with Crippen LogP contribution in [-0.2, 0) is 4.74 Å². The van der Waals surface area contributed by atoms with Crippen LogP contribution < -0.4 is 10.1 Å². The average molecular weight is 280 g/mol. The van der Waals surface area contributed by atoms with E-state index in [0.717, 1.165) is 38.6 Å². The van der Waals surface area contributed by atoms with Crippen LogP contribution in [0.4, 0.5) is 0 Å². The lowest BCUT2D eigenvalue weighted by Crippen LogP contribution is -2.44. The van der Waals surface area contributed by atoms with E-state index in [9.17, 15) is 5.11 Å². The lowest BCUT2D eigenvalue weighted by molar-refractivity contribution is 0.0149. The van der Waals surface area contributed by atoms with Gasteiger partial charge in [-0.15, -0.1) is 0 Å². The Kier molecular flexibility index (Phi) is 6.80.